The van der Waals surface area contributed by atoms with E-state index < -0.39 is 26.6 Å². The maximum absolute atomic E-state index is 14.1. The molecule has 0 bridgehead atoms. The van der Waals surface area contributed by atoms with Crippen LogP contribution < -0.4 is 4.72 Å². The molecule has 0 unspecified atom stereocenters. The van der Waals surface area contributed by atoms with E-state index in [9.17, 15) is 17.6 Å². The van der Waals surface area contributed by atoms with E-state index in [-0.39, 0.29) is 32.1 Å². The number of carbonyl (C=O) groups excluding carboxylic acids is 1. The Hall–Kier alpha value is -2.13. The average Bonchev–Trinajstić information content (AvgIpc) is 2.96. The number of aromatic nitrogens is 2. The van der Waals surface area contributed by atoms with Gasteiger partial charge in [0.05, 0.1) is 20.6 Å². The molecule has 2 aromatic carbocycles. The normalized spacial score (nSPS) is 11.5. The first-order chi connectivity index (χ1) is 13.1. The molecule has 1 N–H and O–H groups in total. The highest BCUT2D eigenvalue weighted by Crippen LogP contribution is 2.31. The number of rotatable bonds is 4. The summed E-state index contributed by atoms with van der Waals surface area (Å²) >= 11 is 17.8. The number of benzene rings is 2. The molecule has 0 atom stereocenters. The molecule has 1 aromatic heterocycles. The molecule has 11 heteroatoms. The Morgan fingerprint density at radius 1 is 1.07 bits per heavy atom. The molecule has 0 fully saturated rings. The van der Waals surface area contributed by atoms with Crippen LogP contribution in [-0.2, 0) is 17.1 Å². The lowest BCUT2D eigenvalue weighted by Gasteiger charge is -2.08. The van der Waals surface area contributed by atoms with Gasteiger partial charge in [0.25, 0.3) is 15.9 Å². The smallest absolute Gasteiger partial charge is 0.285 e. The van der Waals surface area contributed by atoms with Gasteiger partial charge in [0.15, 0.2) is 0 Å². The second-order valence-corrected chi connectivity index (χ2v) is 8.48. The van der Waals surface area contributed by atoms with E-state index in [1.54, 1.807) is 0 Å². The van der Waals surface area contributed by atoms with E-state index >= 15 is 0 Å². The van der Waals surface area contributed by atoms with E-state index in [4.69, 9.17) is 34.8 Å². The summed E-state index contributed by atoms with van der Waals surface area (Å²) in [6.07, 6.45) is 1.25. The van der Waals surface area contributed by atoms with Gasteiger partial charge >= 0.3 is 0 Å². The average molecular weight is 463 g/mol. The van der Waals surface area contributed by atoms with Crippen molar-refractivity contribution in [2.24, 2.45) is 7.05 Å². The predicted molar refractivity (Wildman–Crippen MR) is 105 cm³/mol. The molecule has 6 nitrogen and oxygen atoms in total. The zero-order valence-electron chi connectivity index (χ0n) is 14.1. The van der Waals surface area contributed by atoms with Gasteiger partial charge in [-0.25, -0.2) is 22.5 Å². The Morgan fingerprint density at radius 2 is 1.64 bits per heavy atom. The Morgan fingerprint density at radius 3 is 2.25 bits per heavy atom. The van der Waals surface area contributed by atoms with Gasteiger partial charge in [-0.05, 0) is 24.3 Å². The monoisotopic (exact) mass is 461 g/mol. The molecule has 3 aromatic rings. The number of hydrogen-bond acceptors (Lipinski definition) is 4. The molecule has 1 heterocycles. The van der Waals surface area contributed by atoms with Gasteiger partial charge in [0.2, 0.25) is 0 Å². The van der Waals surface area contributed by atoms with Crippen molar-refractivity contribution < 1.29 is 17.6 Å². The van der Waals surface area contributed by atoms with E-state index in [2.05, 4.69) is 4.98 Å². The van der Waals surface area contributed by atoms with Crippen LogP contribution in [-0.4, -0.2) is 23.9 Å². The standard InChI is InChI=1S/C17H11Cl3FN3O3S/c1-24-8-13(22-16(24)14-9(18)4-3-7-12(14)21)17(25)23-28(26,27)15-10(19)5-2-6-11(15)20/h2-8H,1H3,(H,23,25). The van der Waals surface area contributed by atoms with Crippen LogP contribution in [0, 0.1) is 5.82 Å². The number of hydrogen-bond donors (Lipinski definition) is 1. The molecule has 0 saturated carbocycles. The van der Waals surface area contributed by atoms with E-state index in [0.717, 1.165) is 0 Å². The molecule has 0 aliphatic rings. The van der Waals surface area contributed by atoms with Crippen LogP contribution in [0.4, 0.5) is 4.39 Å². The van der Waals surface area contributed by atoms with Crippen molar-refractivity contribution in [2.75, 3.05) is 0 Å². The molecule has 0 radical (unpaired) electrons. The van der Waals surface area contributed by atoms with Crippen LogP contribution in [0.3, 0.4) is 0 Å². The van der Waals surface area contributed by atoms with Crippen LogP contribution in [0.5, 0.6) is 0 Å². The molecule has 1 amide bonds. The second-order valence-electron chi connectivity index (χ2n) is 5.64. The minimum Gasteiger partial charge on any atom is -0.333 e. The number of sulfonamides is 1. The highest BCUT2D eigenvalue weighted by molar-refractivity contribution is 7.90. The summed E-state index contributed by atoms with van der Waals surface area (Å²) in [6, 6.07) is 8.21. The largest absolute Gasteiger partial charge is 0.333 e. The number of halogens is 4. The lowest BCUT2D eigenvalue weighted by molar-refractivity contribution is 0.0977. The minimum atomic E-state index is -4.37. The molecule has 0 saturated heterocycles. The van der Waals surface area contributed by atoms with E-state index in [1.807, 2.05) is 4.72 Å². The molecular formula is C17H11Cl3FN3O3S. The molecule has 0 spiro atoms. The number of nitrogens with zero attached hydrogens (tertiary/aromatic N) is 2. The summed E-state index contributed by atoms with van der Waals surface area (Å²) in [5, 5.41) is -0.198. The van der Waals surface area contributed by atoms with Crippen LogP contribution in [0.15, 0.2) is 47.5 Å². The Kier molecular flexibility index (Phi) is 5.67. The quantitative estimate of drug-likeness (QED) is 0.627. The van der Waals surface area contributed by atoms with E-state index in [0.29, 0.717) is 0 Å². The Balaban J connectivity index is 1.97. The van der Waals surface area contributed by atoms with Gasteiger partial charge in [-0.1, -0.05) is 46.9 Å². The molecule has 146 valence electrons. The fraction of sp³-hybridized carbons (Fsp3) is 0.0588. The van der Waals surface area contributed by atoms with Crippen molar-refractivity contribution >= 4 is 50.7 Å². The highest BCUT2D eigenvalue weighted by atomic mass is 35.5. The van der Waals surface area contributed by atoms with Crippen LogP contribution in [0.2, 0.25) is 15.1 Å². The highest BCUT2D eigenvalue weighted by Gasteiger charge is 2.26. The van der Waals surface area contributed by atoms with E-state index in [1.165, 1.54) is 54.2 Å². The zero-order valence-corrected chi connectivity index (χ0v) is 17.2. The second kappa shape index (κ2) is 7.71. The maximum atomic E-state index is 14.1. The van der Waals surface area contributed by atoms with Crippen molar-refractivity contribution in [3.63, 3.8) is 0 Å². The van der Waals surface area contributed by atoms with Crippen molar-refractivity contribution in [3.05, 3.63) is 69.2 Å². The van der Waals surface area contributed by atoms with Gasteiger partial charge in [0, 0.05) is 13.2 Å². The van der Waals surface area contributed by atoms with Crippen molar-refractivity contribution in [1.29, 1.82) is 0 Å². The van der Waals surface area contributed by atoms with Crippen LogP contribution >= 0.6 is 34.8 Å². The van der Waals surface area contributed by atoms with Crippen molar-refractivity contribution in [3.8, 4) is 11.4 Å². The van der Waals surface area contributed by atoms with Crippen molar-refractivity contribution in [1.82, 2.24) is 14.3 Å². The maximum Gasteiger partial charge on any atom is 0.285 e. The Bertz CT molecular complexity index is 1160. The summed E-state index contributed by atoms with van der Waals surface area (Å²) in [5.41, 5.74) is -0.272. The lowest BCUT2D eigenvalue weighted by atomic mass is 10.2. The van der Waals surface area contributed by atoms with Gasteiger partial charge in [0.1, 0.15) is 22.2 Å². The third-order valence-corrected chi connectivity index (χ3v) is 6.31. The molecule has 0 aliphatic carbocycles. The summed E-state index contributed by atoms with van der Waals surface area (Å²) in [6.45, 7) is 0. The number of aryl methyl sites for hydroxylation is 1. The summed E-state index contributed by atoms with van der Waals surface area (Å²) in [5.74, 6) is -1.62. The summed E-state index contributed by atoms with van der Waals surface area (Å²) in [4.78, 5) is 16.0. The number of imidazole rings is 1. The van der Waals surface area contributed by atoms with Gasteiger partial charge in [-0.2, -0.15) is 0 Å². The molecular weight excluding hydrogens is 452 g/mol. The first-order valence-corrected chi connectivity index (χ1v) is 10.2. The zero-order chi connectivity index (χ0) is 20.6. The minimum absolute atomic E-state index is 0.0114. The van der Waals surface area contributed by atoms with Crippen molar-refractivity contribution in [2.45, 2.75) is 4.90 Å². The fourth-order valence-electron chi connectivity index (χ4n) is 2.48. The van der Waals surface area contributed by atoms with Crippen LogP contribution in [0.1, 0.15) is 10.5 Å². The van der Waals surface area contributed by atoms with Gasteiger partial charge in [-0.3, -0.25) is 4.79 Å². The third-order valence-electron chi connectivity index (χ3n) is 3.71. The summed E-state index contributed by atoms with van der Waals surface area (Å²) < 4.78 is 42.4. The fourth-order valence-corrected chi connectivity index (χ4v) is 4.84. The van der Waals surface area contributed by atoms with Gasteiger partial charge < -0.3 is 4.57 Å². The molecule has 28 heavy (non-hydrogen) atoms. The first kappa shape index (κ1) is 20.6. The molecule has 0 aliphatic heterocycles. The topological polar surface area (TPSA) is 81.1 Å². The predicted octanol–water partition coefficient (Wildman–Crippen LogP) is 4.31. The SMILES string of the molecule is Cn1cc(C(=O)NS(=O)(=O)c2c(Cl)cccc2Cl)nc1-c1c(F)cccc1Cl. The first-order valence-electron chi connectivity index (χ1n) is 7.60. The Labute approximate surface area is 174 Å². The molecule has 3 rings (SSSR count). The van der Waals surface area contributed by atoms with Gasteiger partial charge in [-0.15, -0.1) is 0 Å². The summed E-state index contributed by atoms with van der Waals surface area (Å²) in [7, 11) is -2.85. The number of nitrogens with one attached hydrogen (secondary N) is 1. The number of amides is 1. The van der Waals surface area contributed by atoms with Crippen LogP contribution in [0.25, 0.3) is 11.4 Å². The number of carbonyl (C=O) groups is 1. The third kappa shape index (κ3) is 3.86. The lowest BCUT2D eigenvalue weighted by Crippen LogP contribution is -2.31.